The summed E-state index contributed by atoms with van der Waals surface area (Å²) in [5.74, 6) is -1.48. The number of hydrogen-bond acceptors (Lipinski definition) is 4. The summed E-state index contributed by atoms with van der Waals surface area (Å²) >= 11 is 0. The van der Waals surface area contributed by atoms with E-state index in [4.69, 9.17) is 0 Å². The number of aliphatic hydroxyl groups excluding tert-OH is 1. The van der Waals surface area contributed by atoms with Crippen LogP contribution in [0, 0.1) is 12.7 Å². The number of hydrogen-bond donors (Lipinski definition) is 2. The lowest BCUT2D eigenvalue weighted by molar-refractivity contribution is -0.143. The minimum Gasteiger partial charge on any atom is -0.480 e. The number of nitrogens with zero attached hydrogens (tertiary/aromatic N) is 2. The van der Waals surface area contributed by atoms with Crippen LogP contribution in [0.4, 0.5) is 10.1 Å². The fraction of sp³-hybridized carbons (Fsp3) is 0.381. The van der Waals surface area contributed by atoms with Gasteiger partial charge in [0, 0.05) is 37.4 Å². The van der Waals surface area contributed by atoms with E-state index in [1.54, 1.807) is 0 Å². The third-order valence-corrected chi connectivity index (χ3v) is 5.14. The minimum absolute atomic E-state index is 0.120. The lowest BCUT2D eigenvalue weighted by atomic mass is 10.0. The molecule has 0 bridgehead atoms. The summed E-state index contributed by atoms with van der Waals surface area (Å²) in [5, 5.41) is 19.1. The first kappa shape index (κ1) is 19.3. The van der Waals surface area contributed by atoms with E-state index in [0.29, 0.717) is 18.7 Å². The predicted octanol–water partition coefficient (Wildman–Crippen LogP) is 2.96. The van der Waals surface area contributed by atoms with Gasteiger partial charge >= 0.3 is 5.97 Å². The first-order chi connectivity index (χ1) is 13.0. The standard InChI is InChI=1S/C21H25FN2O3/c1-15-5-2-3-6-19(15)23-9-4-10-24(12-11-23)20(21(26)27)16-7-8-18(22)17(13-16)14-25/h2-3,5-8,13,20,25H,4,9-12,14H2,1H3,(H,26,27)/t20-/m0/s1. The molecule has 1 atom stereocenters. The Morgan fingerprint density at radius 2 is 1.93 bits per heavy atom. The van der Waals surface area contributed by atoms with Gasteiger partial charge in [-0.2, -0.15) is 0 Å². The molecule has 144 valence electrons. The molecule has 5 nitrogen and oxygen atoms in total. The molecule has 27 heavy (non-hydrogen) atoms. The molecule has 1 fully saturated rings. The number of carboxylic acid groups (broad SMARTS) is 1. The smallest absolute Gasteiger partial charge is 0.325 e. The largest absolute Gasteiger partial charge is 0.480 e. The Morgan fingerprint density at radius 3 is 2.63 bits per heavy atom. The first-order valence-electron chi connectivity index (χ1n) is 9.18. The molecule has 1 heterocycles. The Labute approximate surface area is 158 Å². The summed E-state index contributed by atoms with van der Waals surface area (Å²) in [6, 6.07) is 11.5. The van der Waals surface area contributed by atoms with Crippen molar-refractivity contribution in [2.75, 3.05) is 31.1 Å². The van der Waals surface area contributed by atoms with Gasteiger partial charge in [-0.05, 0) is 42.7 Å². The van der Waals surface area contributed by atoms with Crippen LogP contribution >= 0.6 is 0 Å². The normalized spacial score (nSPS) is 16.8. The number of aryl methyl sites for hydroxylation is 1. The molecule has 1 saturated heterocycles. The van der Waals surface area contributed by atoms with E-state index in [1.807, 2.05) is 17.0 Å². The zero-order chi connectivity index (χ0) is 19.4. The van der Waals surface area contributed by atoms with Gasteiger partial charge in [-0.15, -0.1) is 0 Å². The Morgan fingerprint density at radius 1 is 1.15 bits per heavy atom. The second-order valence-corrected chi connectivity index (χ2v) is 6.91. The number of aliphatic hydroxyl groups is 1. The Hall–Kier alpha value is -2.44. The molecule has 3 rings (SSSR count). The minimum atomic E-state index is -0.963. The van der Waals surface area contributed by atoms with Gasteiger partial charge in [0.15, 0.2) is 0 Å². The molecule has 1 aliphatic rings. The highest BCUT2D eigenvalue weighted by atomic mass is 19.1. The van der Waals surface area contributed by atoms with Crippen LogP contribution in [0.15, 0.2) is 42.5 Å². The van der Waals surface area contributed by atoms with Crippen LogP contribution in [0.1, 0.15) is 29.2 Å². The van der Waals surface area contributed by atoms with Crippen molar-refractivity contribution in [3.05, 3.63) is 65.0 Å². The van der Waals surface area contributed by atoms with E-state index in [-0.39, 0.29) is 5.56 Å². The van der Waals surface area contributed by atoms with Crippen LogP contribution < -0.4 is 4.90 Å². The van der Waals surface area contributed by atoms with Crippen LogP contribution in [-0.4, -0.2) is 47.3 Å². The maximum absolute atomic E-state index is 13.7. The summed E-state index contributed by atoms with van der Waals surface area (Å²) in [6.07, 6.45) is 0.839. The molecule has 6 heteroatoms. The number of halogens is 1. The number of carbonyl (C=O) groups is 1. The highest BCUT2D eigenvalue weighted by Crippen LogP contribution is 2.27. The zero-order valence-corrected chi connectivity index (χ0v) is 15.4. The highest BCUT2D eigenvalue weighted by molar-refractivity contribution is 5.75. The second-order valence-electron chi connectivity index (χ2n) is 6.91. The third kappa shape index (κ3) is 4.28. The molecule has 0 saturated carbocycles. The van der Waals surface area contributed by atoms with Crippen molar-refractivity contribution in [3.8, 4) is 0 Å². The monoisotopic (exact) mass is 372 g/mol. The summed E-state index contributed by atoms with van der Waals surface area (Å²) in [7, 11) is 0. The van der Waals surface area contributed by atoms with Crippen molar-refractivity contribution < 1.29 is 19.4 Å². The first-order valence-corrected chi connectivity index (χ1v) is 9.18. The van der Waals surface area contributed by atoms with Crippen LogP contribution in [0.5, 0.6) is 0 Å². The van der Waals surface area contributed by atoms with Crippen LogP contribution in [0.2, 0.25) is 0 Å². The van der Waals surface area contributed by atoms with Crippen LogP contribution in [0.25, 0.3) is 0 Å². The van der Waals surface area contributed by atoms with E-state index in [1.165, 1.54) is 29.4 Å². The van der Waals surface area contributed by atoms with E-state index in [2.05, 4.69) is 24.0 Å². The zero-order valence-electron chi connectivity index (χ0n) is 15.4. The molecule has 0 aromatic heterocycles. The number of anilines is 1. The van der Waals surface area contributed by atoms with Crippen LogP contribution in [0.3, 0.4) is 0 Å². The fourth-order valence-corrected chi connectivity index (χ4v) is 3.75. The SMILES string of the molecule is Cc1ccccc1N1CCCN([C@H](C(=O)O)c2ccc(F)c(CO)c2)CC1. The molecule has 0 aliphatic carbocycles. The average molecular weight is 372 g/mol. The van der Waals surface area contributed by atoms with Crippen LogP contribution in [-0.2, 0) is 11.4 Å². The quantitative estimate of drug-likeness (QED) is 0.845. The average Bonchev–Trinajstić information content (AvgIpc) is 2.89. The summed E-state index contributed by atoms with van der Waals surface area (Å²) < 4.78 is 13.7. The summed E-state index contributed by atoms with van der Waals surface area (Å²) in [5.41, 5.74) is 3.00. The van der Waals surface area contributed by atoms with E-state index < -0.39 is 24.4 Å². The maximum atomic E-state index is 13.7. The van der Waals surface area contributed by atoms with Crippen molar-refractivity contribution in [3.63, 3.8) is 0 Å². The van der Waals surface area contributed by atoms with Gasteiger partial charge < -0.3 is 15.1 Å². The lowest BCUT2D eigenvalue weighted by Crippen LogP contribution is -2.37. The Balaban J connectivity index is 1.81. The molecule has 0 radical (unpaired) electrons. The van der Waals surface area contributed by atoms with E-state index in [9.17, 15) is 19.4 Å². The predicted molar refractivity (Wildman–Crippen MR) is 102 cm³/mol. The molecule has 2 aromatic carbocycles. The molecule has 0 amide bonds. The van der Waals surface area contributed by atoms with Gasteiger partial charge in [-0.3, -0.25) is 9.69 Å². The van der Waals surface area contributed by atoms with Crippen molar-refractivity contribution in [2.45, 2.75) is 26.0 Å². The molecular weight excluding hydrogens is 347 g/mol. The molecular formula is C21H25FN2O3. The number of benzene rings is 2. The molecule has 1 aliphatic heterocycles. The van der Waals surface area contributed by atoms with E-state index >= 15 is 0 Å². The molecule has 2 N–H and O–H groups in total. The lowest BCUT2D eigenvalue weighted by Gasteiger charge is -2.29. The Kier molecular flexibility index (Phi) is 6.08. The Bertz CT molecular complexity index is 812. The van der Waals surface area contributed by atoms with Crippen molar-refractivity contribution in [1.82, 2.24) is 4.90 Å². The number of rotatable bonds is 5. The van der Waals surface area contributed by atoms with Gasteiger partial charge in [-0.25, -0.2) is 4.39 Å². The highest BCUT2D eigenvalue weighted by Gasteiger charge is 2.29. The van der Waals surface area contributed by atoms with Crippen molar-refractivity contribution in [1.29, 1.82) is 0 Å². The van der Waals surface area contributed by atoms with Gasteiger partial charge in [0.05, 0.1) is 6.61 Å². The number of aliphatic carboxylic acids is 1. The summed E-state index contributed by atoms with van der Waals surface area (Å²) in [6.45, 7) is 4.45. The van der Waals surface area contributed by atoms with Gasteiger partial charge in [0.25, 0.3) is 0 Å². The topological polar surface area (TPSA) is 64.0 Å². The third-order valence-electron chi connectivity index (χ3n) is 5.14. The van der Waals surface area contributed by atoms with Gasteiger partial charge in [0.2, 0.25) is 0 Å². The number of para-hydroxylation sites is 1. The van der Waals surface area contributed by atoms with E-state index in [0.717, 1.165) is 19.5 Å². The van der Waals surface area contributed by atoms with Gasteiger partial charge in [0.1, 0.15) is 11.9 Å². The van der Waals surface area contributed by atoms with Crippen molar-refractivity contribution in [2.24, 2.45) is 0 Å². The van der Waals surface area contributed by atoms with Crippen molar-refractivity contribution >= 4 is 11.7 Å². The molecule has 0 spiro atoms. The molecule has 2 aromatic rings. The summed E-state index contributed by atoms with van der Waals surface area (Å²) in [4.78, 5) is 16.2. The second kappa shape index (κ2) is 8.50. The maximum Gasteiger partial charge on any atom is 0.325 e. The van der Waals surface area contributed by atoms with Gasteiger partial charge in [-0.1, -0.05) is 24.3 Å². The fourth-order valence-electron chi connectivity index (χ4n) is 3.75. The number of carboxylic acids is 1. The molecule has 0 unspecified atom stereocenters.